The largest absolute Gasteiger partial charge is 0.481 e. The number of benzene rings is 2. The number of amides is 7. The van der Waals surface area contributed by atoms with Crippen molar-refractivity contribution < 1.29 is 78.0 Å². The Bertz CT molecular complexity index is 2140. The molecule has 0 spiro atoms. The lowest BCUT2D eigenvalue weighted by Gasteiger charge is -2.28. The van der Waals surface area contributed by atoms with Gasteiger partial charge in [0.2, 0.25) is 41.4 Å². The molecule has 7 amide bonds. The van der Waals surface area contributed by atoms with Crippen molar-refractivity contribution in [1.29, 1.82) is 0 Å². The number of carboxylic acid groups (broad SMARTS) is 4. The van der Waals surface area contributed by atoms with E-state index in [0.29, 0.717) is 23.8 Å². The minimum atomic E-state index is -1.59. The molecule has 24 heteroatoms. The highest BCUT2D eigenvalue weighted by molar-refractivity contribution is 5.97. The number of nitrogens with two attached hydrogens (primary N) is 1. The van der Waals surface area contributed by atoms with E-state index in [1.54, 1.807) is 74.5 Å². The van der Waals surface area contributed by atoms with Crippen molar-refractivity contribution in [3.63, 3.8) is 0 Å². The van der Waals surface area contributed by atoms with Crippen LogP contribution in [0, 0.1) is 5.92 Å². The van der Waals surface area contributed by atoms with Gasteiger partial charge in [0.1, 0.15) is 36.5 Å². The summed E-state index contributed by atoms with van der Waals surface area (Å²) in [4.78, 5) is 152. The number of hydrogen-bond donors (Lipinski definition) is 12. The number of aldehydes is 1. The van der Waals surface area contributed by atoms with Gasteiger partial charge in [-0.05, 0) is 42.7 Å². The van der Waals surface area contributed by atoms with Crippen molar-refractivity contribution in [2.24, 2.45) is 11.7 Å². The molecule has 2 rings (SSSR count). The first-order valence-corrected chi connectivity index (χ1v) is 22.4. The molecule has 0 saturated heterocycles. The molecule has 0 aliphatic carbocycles. The van der Waals surface area contributed by atoms with Crippen molar-refractivity contribution in [3.05, 3.63) is 71.8 Å². The quantitative estimate of drug-likeness (QED) is 0.0363. The zero-order valence-corrected chi connectivity index (χ0v) is 38.7. The van der Waals surface area contributed by atoms with Gasteiger partial charge in [-0.2, -0.15) is 0 Å². The first-order chi connectivity index (χ1) is 33.1. The van der Waals surface area contributed by atoms with Gasteiger partial charge in [-0.15, -0.1) is 0 Å². The van der Waals surface area contributed by atoms with E-state index in [1.807, 2.05) is 0 Å². The molecule has 24 nitrogen and oxygen atoms in total. The molecule has 8 atom stereocenters. The maximum Gasteiger partial charge on any atom is 0.303 e. The van der Waals surface area contributed by atoms with Gasteiger partial charge in [0.15, 0.2) is 0 Å². The zero-order chi connectivity index (χ0) is 52.3. The van der Waals surface area contributed by atoms with Crippen LogP contribution in [0.4, 0.5) is 0 Å². The second kappa shape index (κ2) is 30.6. The van der Waals surface area contributed by atoms with E-state index < -0.39 is 159 Å². The Morgan fingerprint density at radius 3 is 1.41 bits per heavy atom. The fourth-order valence-electron chi connectivity index (χ4n) is 6.64. The lowest BCUT2D eigenvalue weighted by atomic mass is 9.96. The summed E-state index contributed by atoms with van der Waals surface area (Å²) < 4.78 is 0. The van der Waals surface area contributed by atoms with Gasteiger partial charge in [-0.25, -0.2) is 0 Å². The predicted octanol–water partition coefficient (Wildman–Crippen LogP) is -1.47. The molecule has 0 aliphatic rings. The van der Waals surface area contributed by atoms with Crippen LogP contribution in [0.3, 0.4) is 0 Å². The highest BCUT2D eigenvalue weighted by Gasteiger charge is 2.34. The maximum atomic E-state index is 14.0. The van der Waals surface area contributed by atoms with Crippen LogP contribution in [0.15, 0.2) is 60.7 Å². The van der Waals surface area contributed by atoms with Crippen LogP contribution < -0.4 is 43.0 Å². The van der Waals surface area contributed by atoms with Crippen LogP contribution in [0.1, 0.15) is 82.8 Å². The maximum absolute atomic E-state index is 14.0. The molecule has 13 N–H and O–H groups in total. The Morgan fingerprint density at radius 1 is 0.514 bits per heavy atom. The number of carbonyl (C=O) groups excluding carboxylic acids is 8. The standard InChI is InChI=1S/C46H62N8O16/c1-3-26(2)40(54-44(68)32(17-21-39(63)64)51-41(65)30(47)15-19-37(59)60)46(70)53-33(22-27-10-6-4-7-11-27)42(66)48-24-35(56)50-31(16-20-38(61)62)43(67)52-34(23-28-12-8-5-9-13-28)45(69)49-29(25-55)14-18-36(57)58/h4-13,25-26,29-34,40H,3,14-24,47H2,1-2H3,(H,48,66)(H,49,69)(H,50,56)(H,51,65)(H,52,67)(H,53,70)(H,54,68)(H,57,58)(H,59,60)(H,61,62)(H,63,64). The molecule has 0 radical (unpaired) electrons. The van der Waals surface area contributed by atoms with Crippen LogP contribution >= 0.6 is 0 Å². The van der Waals surface area contributed by atoms with Gasteiger partial charge in [-0.1, -0.05) is 80.9 Å². The summed E-state index contributed by atoms with van der Waals surface area (Å²) in [5.74, 6) is -12.3. The molecule has 0 aliphatic heterocycles. The molecule has 0 bridgehead atoms. The molecule has 2 aromatic rings. The van der Waals surface area contributed by atoms with Crippen LogP contribution in [0.2, 0.25) is 0 Å². The third kappa shape index (κ3) is 22.4. The topological polar surface area (TPSA) is 396 Å². The first kappa shape index (κ1) is 58.4. The zero-order valence-electron chi connectivity index (χ0n) is 38.7. The molecule has 0 aromatic heterocycles. The monoisotopic (exact) mass is 982 g/mol. The Morgan fingerprint density at radius 2 is 0.929 bits per heavy atom. The van der Waals surface area contributed by atoms with Gasteiger partial charge in [0.25, 0.3) is 0 Å². The van der Waals surface area contributed by atoms with E-state index in [0.717, 1.165) is 0 Å². The summed E-state index contributed by atoms with van der Waals surface area (Å²) in [5.41, 5.74) is 6.90. The summed E-state index contributed by atoms with van der Waals surface area (Å²) in [5, 5.41) is 53.8. The van der Waals surface area contributed by atoms with Gasteiger partial charge in [-0.3, -0.25) is 52.7 Å². The van der Waals surface area contributed by atoms with Crippen molar-refractivity contribution in [2.75, 3.05) is 6.54 Å². The number of aliphatic carboxylic acids is 4. The summed E-state index contributed by atoms with van der Waals surface area (Å²) in [6, 6.07) is 6.71. The fourth-order valence-corrected chi connectivity index (χ4v) is 6.64. The van der Waals surface area contributed by atoms with E-state index in [-0.39, 0.29) is 25.7 Å². The molecule has 2 aromatic carbocycles. The minimum absolute atomic E-state index is 0.137. The molecule has 70 heavy (non-hydrogen) atoms. The van der Waals surface area contributed by atoms with Crippen molar-refractivity contribution in [1.82, 2.24) is 37.2 Å². The van der Waals surface area contributed by atoms with E-state index in [9.17, 15) is 67.7 Å². The molecule has 382 valence electrons. The molecular weight excluding hydrogens is 921 g/mol. The summed E-state index contributed by atoms with van der Waals surface area (Å²) in [7, 11) is 0. The van der Waals surface area contributed by atoms with E-state index >= 15 is 0 Å². The van der Waals surface area contributed by atoms with Crippen LogP contribution in [-0.2, 0) is 70.4 Å². The Labute approximate surface area is 402 Å². The van der Waals surface area contributed by atoms with Gasteiger partial charge in [0.05, 0.1) is 18.6 Å². The van der Waals surface area contributed by atoms with Crippen molar-refractivity contribution in [2.45, 2.75) is 127 Å². The van der Waals surface area contributed by atoms with Crippen molar-refractivity contribution >= 4 is 71.5 Å². The lowest BCUT2D eigenvalue weighted by Crippen LogP contribution is -2.60. The highest BCUT2D eigenvalue weighted by Crippen LogP contribution is 2.13. The van der Waals surface area contributed by atoms with E-state index in [1.165, 1.54) is 0 Å². The van der Waals surface area contributed by atoms with Gasteiger partial charge < -0.3 is 68.2 Å². The normalized spacial score (nSPS) is 14.2. The molecule has 0 fully saturated rings. The predicted molar refractivity (Wildman–Crippen MR) is 246 cm³/mol. The van der Waals surface area contributed by atoms with E-state index in [4.69, 9.17) is 15.9 Å². The average molecular weight is 983 g/mol. The average Bonchev–Trinajstić information content (AvgIpc) is 3.32. The second-order valence-electron chi connectivity index (χ2n) is 16.4. The number of carbonyl (C=O) groups is 12. The SMILES string of the molecule is CCC(C)C(NC(=O)C(CCC(=O)O)NC(=O)C(N)CCC(=O)O)C(=O)NC(Cc1ccccc1)C(=O)NCC(=O)NC(CCC(=O)O)C(=O)NC(Cc1ccccc1)C(=O)NC(C=O)CCC(=O)O. The van der Waals surface area contributed by atoms with Crippen LogP contribution in [-0.4, -0.2) is 141 Å². The number of carboxylic acids is 4. The molecule has 0 saturated carbocycles. The Hall–Kier alpha value is -7.76. The Kier molecular flexibility index (Phi) is 25.5. The molecule has 0 heterocycles. The van der Waals surface area contributed by atoms with Crippen LogP contribution in [0.5, 0.6) is 0 Å². The molecule has 8 unspecified atom stereocenters. The van der Waals surface area contributed by atoms with Gasteiger partial charge in [0, 0.05) is 38.5 Å². The Balaban J connectivity index is 2.33. The van der Waals surface area contributed by atoms with Crippen molar-refractivity contribution in [3.8, 4) is 0 Å². The third-order valence-electron chi connectivity index (χ3n) is 10.8. The summed E-state index contributed by atoms with van der Waals surface area (Å²) in [6.07, 6.45) is -3.26. The summed E-state index contributed by atoms with van der Waals surface area (Å²) >= 11 is 0. The van der Waals surface area contributed by atoms with Crippen LogP contribution in [0.25, 0.3) is 0 Å². The second-order valence-corrected chi connectivity index (χ2v) is 16.4. The smallest absolute Gasteiger partial charge is 0.303 e. The molecular formula is C46H62N8O16. The van der Waals surface area contributed by atoms with E-state index in [2.05, 4.69) is 37.2 Å². The number of nitrogens with one attached hydrogen (secondary N) is 7. The summed E-state index contributed by atoms with van der Waals surface area (Å²) in [6.45, 7) is 2.48. The number of hydrogen-bond acceptors (Lipinski definition) is 13. The third-order valence-corrected chi connectivity index (χ3v) is 10.8. The highest BCUT2D eigenvalue weighted by atomic mass is 16.4. The number of rotatable bonds is 33. The fraction of sp³-hybridized carbons (Fsp3) is 0.478. The minimum Gasteiger partial charge on any atom is -0.481 e. The van der Waals surface area contributed by atoms with Gasteiger partial charge >= 0.3 is 23.9 Å². The first-order valence-electron chi connectivity index (χ1n) is 22.4. The lowest BCUT2D eigenvalue weighted by molar-refractivity contribution is -0.139.